The number of nitrogens with one attached hydrogen (secondary N) is 1. The second kappa shape index (κ2) is 10.7. The Morgan fingerprint density at radius 3 is 2.57 bits per heavy atom. The predicted molar refractivity (Wildman–Crippen MR) is 133 cm³/mol. The average Bonchev–Trinajstić information content (AvgIpc) is 3.26. The van der Waals surface area contributed by atoms with Gasteiger partial charge in [-0.1, -0.05) is 60.7 Å². The first-order valence-electron chi connectivity index (χ1n) is 11.4. The van der Waals surface area contributed by atoms with Crippen molar-refractivity contribution in [1.29, 1.82) is 0 Å². The van der Waals surface area contributed by atoms with E-state index in [-0.39, 0.29) is 11.0 Å². The minimum Gasteiger partial charge on any atom is -0.480 e. The normalized spacial score (nSPS) is 21.1. The summed E-state index contributed by atoms with van der Waals surface area (Å²) in [6.45, 7) is 4.13. The van der Waals surface area contributed by atoms with Gasteiger partial charge < -0.3 is 14.6 Å². The minimum atomic E-state index is -4.08. The van der Waals surface area contributed by atoms with Crippen LogP contribution in [-0.4, -0.2) is 38.7 Å². The number of methoxy groups -OCH3 is 1. The summed E-state index contributed by atoms with van der Waals surface area (Å²) in [6.07, 6.45) is 1.58. The van der Waals surface area contributed by atoms with Crippen molar-refractivity contribution < 1.29 is 27.8 Å². The molecule has 0 aliphatic carbocycles. The number of sulfonamides is 1. The highest BCUT2D eigenvalue weighted by molar-refractivity contribution is 7.89. The highest BCUT2D eigenvalue weighted by Crippen LogP contribution is 2.42. The van der Waals surface area contributed by atoms with E-state index in [1.807, 2.05) is 42.5 Å². The number of carboxylic acid groups (broad SMARTS) is 1. The van der Waals surface area contributed by atoms with Crippen LogP contribution in [0.15, 0.2) is 84.3 Å². The second-order valence-electron chi connectivity index (χ2n) is 8.67. The van der Waals surface area contributed by atoms with Crippen LogP contribution in [-0.2, 0) is 30.9 Å². The molecule has 1 saturated heterocycles. The van der Waals surface area contributed by atoms with Crippen molar-refractivity contribution in [2.75, 3.05) is 7.11 Å². The minimum absolute atomic E-state index is 0.00612. The molecule has 0 amide bonds. The van der Waals surface area contributed by atoms with Crippen LogP contribution in [0.5, 0.6) is 0 Å². The molecule has 0 radical (unpaired) electrons. The summed E-state index contributed by atoms with van der Waals surface area (Å²) >= 11 is 0. The Bertz CT molecular complexity index is 1300. The molecule has 35 heavy (non-hydrogen) atoms. The Morgan fingerprint density at radius 1 is 1.17 bits per heavy atom. The number of fused-ring (bicyclic) bond motifs is 1. The van der Waals surface area contributed by atoms with Gasteiger partial charge in [0.1, 0.15) is 6.04 Å². The van der Waals surface area contributed by atoms with E-state index in [2.05, 4.69) is 11.3 Å². The summed E-state index contributed by atoms with van der Waals surface area (Å²) < 4.78 is 40.0. The zero-order chi connectivity index (χ0) is 25.0. The summed E-state index contributed by atoms with van der Waals surface area (Å²) in [5.41, 5.74) is 1.77. The number of carboxylic acids is 1. The summed E-state index contributed by atoms with van der Waals surface area (Å²) in [4.78, 5) is 12.3. The highest BCUT2D eigenvalue weighted by atomic mass is 32.2. The van der Waals surface area contributed by atoms with Gasteiger partial charge in [0.25, 0.3) is 0 Å². The van der Waals surface area contributed by atoms with Crippen LogP contribution in [0, 0.1) is 5.92 Å². The molecule has 4 rings (SSSR count). The Morgan fingerprint density at radius 2 is 1.89 bits per heavy atom. The topological polar surface area (TPSA) is 102 Å². The van der Waals surface area contributed by atoms with Crippen LogP contribution in [0.25, 0.3) is 10.8 Å². The number of benzene rings is 3. The molecule has 8 heteroatoms. The maximum absolute atomic E-state index is 13.1. The Labute approximate surface area is 205 Å². The van der Waals surface area contributed by atoms with Gasteiger partial charge in [-0.05, 0) is 46.9 Å². The Kier molecular flexibility index (Phi) is 7.66. The lowest BCUT2D eigenvalue weighted by atomic mass is 9.88. The smallest absolute Gasteiger partial charge is 0.322 e. The molecule has 7 nitrogen and oxygen atoms in total. The summed E-state index contributed by atoms with van der Waals surface area (Å²) in [6, 6.07) is 18.7. The fourth-order valence-electron chi connectivity index (χ4n) is 4.73. The molecule has 1 aliphatic rings. The molecule has 0 bridgehead atoms. The summed E-state index contributed by atoms with van der Waals surface area (Å²) in [7, 11) is -2.53. The zero-order valence-electron chi connectivity index (χ0n) is 19.5. The SMILES string of the molecule is C=CC[C@@H]1O[C@@H](c2cccc3ccccc23)CC1[C@H](NS(=O)(=O)c1ccc(COC)cc1)C(=O)O. The van der Waals surface area contributed by atoms with Gasteiger partial charge in [0.15, 0.2) is 0 Å². The lowest BCUT2D eigenvalue weighted by Gasteiger charge is -2.24. The summed E-state index contributed by atoms with van der Waals surface area (Å²) in [5, 5.41) is 12.1. The quantitative estimate of drug-likeness (QED) is 0.403. The van der Waals surface area contributed by atoms with Gasteiger partial charge in [-0.3, -0.25) is 4.79 Å². The zero-order valence-corrected chi connectivity index (χ0v) is 20.3. The molecule has 1 fully saturated rings. The monoisotopic (exact) mass is 495 g/mol. The fraction of sp³-hybridized carbons (Fsp3) is 0.296. The number of ether oxygens (including phenoxy) is 2. The average molecular weight is 496 g/mol. The van der Waals surface area contributed by atoms with E-state index in [0.717, 1.165) is 21.9 Å². The van der Waals surface area contributed by atoms with E-state index in [4.69, 9.17) is 9.47 Å². The van der Waals surface area contributed by atoms with Crippen molar-refractivity contribution in [2.24, 2.45) is 5.92 Å². The number of hydrogen-bond donors (Lipinski definition) is 2. The van der Waals surface area contributed by atoms with Gasteiger partial charge in [-0.2, -0.15) is 4.72 Å². The van der Waals surface area contributed by atoms with Crippen LogP contribution in [0.2, 0.25) is 0 Å². The first kappa shape index (κ1) is 25.1. The number of aliphatic carboxylic acids is 1. The second-order valence-corrected chi connectivity index (χ2v) is 10.4. The Hall–Kier alpha value is -3.04. The molecule has 4 atom stereocenters. The molecule has 1 unspecified atom stereocenters. The van der Waals surface area contributed by atoms with Crippen molar-refractivity contribution in [3.05, 3.63) is 90.5 Å². The molecule has 1 heterocycles. The van der Waals surface area contributed by atoms with Crippen LogP contribution >= 0.6 is 0 Å². The molecule has 0 aromatic heterocycles. The van der Waals surface area contributed by atoms with Gasteiger partial charge in [0.05, 0.1) is 23.7 Å². The van der Waals surface area contributed by atoms with Gasteiger partial charge in [-0.25, -0.2) is 8.42 Å². The third-order valence-electron chi connectivity index (χ3n) is 6.39. The maximum atomic E-state index is 13.1. The standard InChI is InChI=1S/C27H29NO6S/c1-3-7-24-23(16-25(34-24)22-11-6-9-19-8-4-5-10-21(19)22)26(27(29)30)28-35(31,32)20-14-12-18(13-15-20)17-33-2/h3-6,8-15,23-26,28H,1,7,16-17H2,2H3,(H,29,30)/t23?,24-,25+,26-/m0/s1. The van der Waals surface area contributed by atoms with Gasteiger partial charge in [0, 0.05) is 13.0 Å². The van der Waals surface area contributed by atoms with Gasteiger partial charge in [-0.15, -0.1) is 6.58 Å². The molecular formula is C27H29NO6S. The van der Waals surface area contributed by atoms with Crippen molar-refractivity contribution in [3.63, 3.8) is 0 Å². The molecule has 0 spiro atoms. The fourth-order valence-corrected chi connectivity index (χ4v) is 5.97. The van der Waals surface area contributed by atoms with Crippen molar-refractivity contribution in [3.8, 4) is 0 Å². The molecule has 0 saturated carbocycles. The van der Waals surface area contributed by atoms with Crippen molar-refractivity contribution in [2.45, 2.75) is 42.6 Å². The lowest BCUT2D eigenvalue weighted by Crippen LogP contribution is -2.48. The highest BCUT2D eigenvalue weighted by Gasteiger charge is 2.44. The summed E-state index contributed by atoms with van der Waals surface area (Å²) in [5.74, 6) is -1.83. The molecule has 2 N–H and O–H groups in total. The molecule has 3 aromatic carbocycles. The molecule has 184 valence electrons. The first-order chi connectivity index (χ1) is 16.8. The van der Waals surface area contributed by atoms with Crippen LogP contribution < -0.4 is 4.72 Å². The molecule has 1 aliphatic heterocycles. The van der Waals surface area contributed by atoms with Gasteiger partial charge >= 0.3 is 5.97 Å². The van der Waals surface area contributed by atoms with Crippen LogP contribution in [0.1, 0.15) is 30.1 Å². The van der Waals surface area contributed by atoms with E-state index < -0.39 is 34.1 Å². The van der Waals surface area contributed by atoms with Crippen LogP contribution in [0.4, 0.5) is 0 Å². The number of rotatable bonds is 10. The predicted octanol–water partition coefficient (Wildman–Crippen LogP) is 4.44. The van der Waals surface area contributed by atoms with Crippen LogP contribution in [0.3, 0.4) is 0 Å². The first-order valence-corrected chi connectivity index (χ1v) is 12.9. The van der Waals surface area contributed by atoms with Crippen molar-refractivity contribution >= 4 is 26.8 Å². The number of carbonyl (C=O) groups is 1. The third kappa shape index (κ3) is 5.46. The number of hydrogen-bond acceptors (Lipinski definition) is 5. The maximum Gasteiger partial charge on any atom is 0.322 e. The molecular weight excluding hydrogens is 466 g/mol. The van der Waals surface area contributed by atoms with Crippen molar-refractivity contribution in [1.82, 2.24) is 4.72 Å². The lowest BCUT2D eigenvalue weighted by molar-refractivity contribution is -0.141. The molecule has 3 aromatic rings. The van der Waals surface area contributed by atoms with E-state index in [0.29, 0.717) is 19.4 Å². The van der Waals surface area contributed by atoms with Gasteiger partial charge in [0.2, 0.25) is 10.0 Å². The van der Waals surface area contributed by atoms with E-state index in [1.54, 1.807) is 25.3 Å². The third-order valence-corrected chi connectivity index (χ3v) is 7.85. The largest absolute Gasteiger partial charge is 0.480 e. The Balaban J connectivity index is 1.62. The van der Waals surface area contributed by atoms with E-state index >= 15 is 0 Å². The van der Waals surface area contributed by atoms with E-state index in [1.165, 1.54) is 12.1 Å². The van der Waals surface area contributed by atoms with E-state index in [9.17, 15) is 18.3 Å².